The summed E-state index contributed by atoms with van der Waals surface area (Å²) in [6.07, 6.45) is -6.52. The normalized spacial score (nSPS) is 20.3. The minimum Gasteiger partial charge on any atom is -0.477 e. The molecule has 0 spiro atoms. The summed E-state index contributed by atoms with van der Waals surface area (Å²) in [5.41, 5.74) is -3.06. The van der Waals surface area contributed by atoms with E-state index >= 15 is 13.2 Å². The second-order valence-corrected chi connectivity index (χ2v) is 22.9. The summed E-state index contributed by atoms with van der Waals surface area (Å²) in [5.74, 6) is -1.28. The zero-order valence-corrected chi connectivity index (χ0v) is 43.4. The number of nitrogens with zero attached hydrogens (tertiary/aromatic N) is 7. The van der Waals surface area contributed by atoms with Crippen molar-refractivity contribution in [3.05, 3.63) is 67.3 Å². The van der Waals surface area contributed by atoms with Gasteiger partial charge in [-0.15, -0.1) is 8.73 Å². The lowest BCUT2D eigenvalue weighted by atomic mass is 9.84. The number of alkyl halides is 6. The average molecular weight is 1090 g/mol. The van der Waals surface area contributed by atoms with Crippen molar-refractivity contribution in [2.45, 2.75) is 127 Å². The maximum absolute atomic E-state index is 15.3. The van der Waals surface area contributed by atoms with E-state index in [9.17, 15) is 36.0 Å². The number of aliphatic imine (C=N–C) groups is 1. The fourth-order valence-corrected chi connectivity index (χ4v) is 11.3. The molecule has 1 aromatic carbocycles. The van der Waals surface area contributed by atoms with E-state index in [0.29, 0.717) is 30.4 Å². The molecule has 4 aliphatic rings. The first-order chi connectivity index (χ1) is 34.4. The molecule has 0 saturated carbocycles. The van der Waals surface area contributed by atoms with Gasteiger partial charge in [-0.3, -0.25) is 4.99 Å². The number of rotatable bonds is 10. The van der Waals surface area contributed by atoms with Crippen LogP contribution in [-0.2, 0) is 73.9 Å². The van der Waals surface area contributed by atoms with Crippen molar-refractivity contribution in [3.63, 3.8) is 0 Å². The van der Waals surface area contributed by atoms with Gasteiger partial charge in [-0.1, -0.05) is 6.92 Å². The zero-order chi connectivity index (χ0) is 54.5. The van der Waals surface area contributed by atoms with Gasteiger partial charge in [-0.05, 0) is 108 Å². The first kappa shape index (κ1) is 55.7. The second-order valence-electron chi connectivity index (χ2n) is 19.3. The van der Waals surface area contributed by atoms with Crippen LogP contribution in [0.3, 0.4) is 0 Å². The number of nitrogens with two attached hydrogens (primary N) is 2. The Hall–Kier alpha value is -6.04. The maximum Gasteiger partial charge on any atom is 0.433 e. The van der Waals surface area contributed by atoms with E-state index in [0.717, 1.165) is 19.3 Å². The Morgan fingerprint density at radius 1 is 0.946 bits per heavy atom. The van der Waals surface area contributed by atoms with E-state index in [1.54, 1.807) is 27.8 Å². The number of likely N-dealkylation sites (N-methyl/N-ethyl adjacent to an activating group) is 2. The van der Waals surface area contributed by atoms with E-state index in [1.807, 2.05) is 0 Å². The van der Waals surface area contributed by atoms with E-state index in [4.69, 9.17) is 24.5 Å². The molecule has 1 fully saturated rings. The van der Waals surface area contributed by atoms with E-state index in [2.05, 4.69) is 45.1 Å². The van der Waals surface area contributed by atoms with Gasteiger partial charge in [0.15, 0.2) is 19.8 Å². The topological polar surface area (TPSA) is 284 Å². The molecule has 8 N–H and O–H groups in total. The van der Waals surface area contributed by atoms with Gasteiger partial charge in [0, 0.05) is 49.2 Å². The molecule has 5 amide bonds. The largest absolute Gasteiger partial charge is 0.477 e. The highest BCUT2D eigenvalue weighted by Gasteiger charge is 2.42. The number of ether oxygens (including phenoxy) is 3. The molecule has 3 aromatic rings. The van der Waals surface area contributed by atoms with Crippen LogP contribution in [-0.4, -0.2) is 111 Å². The molecule has 7 rings (SSSR count). The van der Waals surface area contributed by atoms with Crippen molar-refractivity contribution in [2.75, 3.05) is 51.0 Å². The number of urea groups is 2. The van der Waals surface area contributed by atoms with Gasteiger partial charge in [0.1, 0.15) is 34.3 Å². The number of amides is 5. The summed E-state index contributed by atoms with van der Waals surface area (Å²) in [4.78, 5) is 48.5. The number of aromatic nitrogens is 3. The van der Waals surface area contributed by atoms with Gasteiger partial charge in [-0.2, -0.15) is 31.4 Å². The molecule has 1 saturated heterocycles. The van der Waals surface area contributed by atoms with Crippen molar-refractivity contribution in [2.24, 2.45) is 24.0 Å². The van der Waals surface area contributed by atoms with Gasteiger partial charge >= 0.3 is 30.5 Å². The molecule has 2 aromatic heterocycles. The molecule has 5 atom stereocenters. The summed E-state index contributed by atoms with van der Waals surface area (Å²) in [6, 6.07) is -3.44. The standard InChI is InChI=1S/C45H59F6N13O8S2/c1-22(15-55-17-31(38-56-16-25(54-7)20-70-38)73(52,68)61-41(66)60-36-24(3)37(45(49,50)51)58-30-14-10-13-29(30)36)33-27-11-9-12-28(27)35(23(2)34(33)44(46,47)48)59-40(65)62-74(53,69)32-18-57-64-19-26(21-71-39(32)64)63(8)42(67)72-43(4,5)6/h17-18,22,25-26,54,56H,9-16,19-21H2,1-8H3,(H3,53,59,62,65,69)(H3,52,58,60,61,66,68)/b38-31-,55-17+/t22-,25+,26+,73?,74?/m0/s1. The predicted molar refractivity (Wildman–Crippen MR) is 261 cm³/mol. The van der Waals surface area contributed by atoms with Crippen LogP contribution >= 0.6 is 0 Å². The molecular weight excluding hydrogens is 1030 g/mol. The quantitative estimate of drug-likeness (QED) is 0.0926. The molecule has 0 bridgehead atoms. The fraction of sp³-hybridized carbons (Fsp3) is 0.556. The number of carbonyl (C=O) groups excluding carboxylic acids is 3. The monoisotopic (exact) mass is 1090 g/mol. The average Bonchev–Trinajstić information content (AvgIpc) is 4.08. The van der Waals surface area contributed by atoms with Crippen molar-refractivity contribution >= 4 is 55.6 Å². The van der Waals surface area contributed by atoms with Crippen LogP contribution < -0.4 is 36.3 Å². The third-order valence-electron chi connectivity index (χ3n) is 12.9. The number of hydrogen-bond donors (Lipinski definition) is 6. The summed E-state index contributed by atoms with van der Waals surface area (Å²) in [6.45, 7) is 8.79. The lowest BCUT2D eigenvalue weighted by Gasteiger charge is -2.33. The minimum atomic E-state index is -4.99. The van der Waals surface area contributed by atoms with Gasteiger partial charge in [0.05, 0.1) is 36.1 Å². The molecule has 406 valence electrons. The van der Waals surface area contributed by atoms with Crippen molar-refractivity contribution < 1.29 is 63.4 Å². The zero-order valence-electron chi connectivity index (χ0n) is 41.8. The van der Waals surface area contributed by atoms with Gasteiger partial charge in [0.25, 0.3) is 0 Å². The minimum absolute atomic E-state index is 0.0209. The van der Waals surface area contributed by atoms with Crippen LogP contribution in [0.25, 0.3) is 0 Å². The second kappa shape index (κ2) is 20.9. The van der Waals surface area contributed by atoms with Crippen molar-refractivity contribution in [3.8, 4) is 5.88 Å². The number of allylic oxidation sites excluding steroid dienone is 1. The molecule has 0 radical (unpaired) electrons. The number of hydrogen-bond acceptors (Lipinski definition) is 13. The Morgan fingerprint density at radius 2 is 1.58 bits per heavy atom. The number of anilines is 2. The molecule has 2 unspecified atom stereocenters. The Bertz CT molecular complexity index is 3070. The van der Waals surface area contributed by atoms with E-state index in [1.165, 1.54) is 30.5 Å². The van der Waals surface area contributed by atoms with Gasteiger partial charge < -0.3 is 40.4 Å². The molecule has 74 heavy (non-hydrogen) atoms. The Morgan fingerprint density at radius 3 is 2.20 bits per heavy atom. The Balaban J connectivity index is 1.16. The molecule has 29 heteroatoms. The number of fused-ring (bicyclic) bond motifs is 3. The number of halogens is 6. The number of nitrogens with one attached hydrogen (secondary N) is 4. The van der Waals surface area contributed by atoms with Crippen LogP contribution in [0.2, 0.25) is 0 Å². The highest BCUT2D eigenvalue weighted by molar-refractivity contribution is 7.96. The van der Waals surface area contributed by atoms with Gasteiger partial charge in [-0.25, -0.2) is 42.7 Å². The first-order valence-electron chi connectivity index (χ1n) is 23.4. The van der Waals surface area contributed by atoms with Crippen molar-refractivity contribution in [1.29, 1.82) is 0 Å². The van der Waals surface area contributed by atoms with Gasteiger partial charge in [0.2, 0.25) is 11.8 Å². The molecule has 4 heterocycles. The third kappa shape index (κ3) is 11.9. The number of aryl methyl sites for hydroxylation is 1. The number of pyridine rings is 1. The van der Waals surface area contributed by atoms with E-state index in [-0.39, 0.29) is 114 Å². The fourth-order valence-electron chi connectivity index (χ4n) is 9.32. The summed E-state index contributed by atoms with van der Waals surface area (Å²) < 4.78 is 142. The number of benzene rings is 1. The Labute approximate surface area is 423 Å². The predicted octanol–water partition coefficient (Wildman–Crippen LogP) is 6.60. The highest BCUT2D eigenvalue weighted by Crippen LogP contribution is 2.47. The molecule has 2 aliphatic carbocycles. The lowest BCUT2D eigenvalue weighted by molar-refractivity contribution is -0.141. The summed E-state index contributed by atoms with van der Waals surface area (Å²) in [5, 5.41) is 27.2. The molecular formula is C45H59F6N13O8S2. The van der Waals surface area contributed by atoms with E-state index < -0.39 is 84.1 Å². The summed E-state index contributed by atoms with van der Waals surface area (Å²) in [7, 11) is -5.29. The maximum atomic E-state index is 15.3. The summed E-state index contributed by atoms with van der Waals surface area (Å²) >= 11 is 0. The smallest absolute Gasteiger partial charge is 0.433 e. The molecule has 2 aliphatic heterocycles. The van der Waals surface area contributed by atoms with Crippen LogP contribution in [0.15, 0.2) is 35.6 Å². The van der Waals surface area contributed by atoms with Crippen molar-refractivity contribution in [1.82, 2.24) is 30.3 Å². The van der Waals surface area contributed by atoms with Crippen LogP contribution in [0.5, 0.6) is 5.88 Å². The van der Waals surface area contributed by atoms with Crippen LogP contribution in [0.1, 0.15) is 96.8 Å². The van der Waals surface area contributed by atoms with Crippen LogP contribution in [0, 0.1) is 13.8 Å². The Kier molecular flexibility index (Phi) is 15.8. The van der Waals surface area contributed by atoms with Crippen LogP contribution in [0.4, 0.5) is 52.1 Å². The highest BCUT2D eigenvalue weighted by atomic mass is 32.2. The first-order valence-corrected chi connectivity index (χ1v) is 26.6. The lowest BCUT2D eigenvalue weighted by Crippen LogP contribution is -2.47. The third-order valence-corrected chi connectivity index (χ3v) is 15.6. The SMILES string of the molecule is CN[C@@H]1CN/C(=C(\C=N\C[C@H](C)c2c3c(c(NC(=O)N=S(N)(=O)c4cnn5c4OC[C@H](N(C)C(=O)OC(C)(C)C)C5)c(C)c2C(F)(F)F)CCC3)S(N)(=O)=NC(=O)Nc2c(C)c(C(F)(F)F)nc3c2CCC3)OC1. The molecule has 21 nitrogen and oxygen atoms in total. The number of carbonyl (C=O) groups is 3.